The van der Waals surface area contributed by atoms with Gasteiger partial charge in [0.2, 0.25) is 5.91 Å². The number of rotatable bonds is 2. The lowest BCUT2D eigenvalue weighted by molar-refractivity contribution is -0.125. The Bertz CT molecular complexity index is 357. The van der Waals surface area contributed by atoms with Crippen LogP contribution in [0.5, 0.6) is 0 Å². The fourth-order valence-corrected chi connectivity index (χ4v) is 3.82. The summed E-state index contributed by atoms with van der Waals surface area (Å²) in [5.41, 5.74) is 1.62. The zero-order valence-electron chi connectivity index (χ0n) is 10.6. The Morgan fingerprint density at radius 2 is 2.47 bits per heavy atom. The SMILES string of the molecule is CC1CC2=CCC(NC(=O)[C@@H]3CCCN3)(C2)C1. The Balaban J connectivity index is 1.66. The third-order valence-electron chi connectivity index (χ3n) is 4.46. The molecule has 0 aromatic carbocycles. The van der Waals surface area contributed by atoms with E-state index in [1.54, 1.807) is 5.57 Å². The summed E-state index contributed by atoms with van der Waals surface area (Å²) in [5.74, 6) is 0.945. The van der Waals surface area contributed by atoms with Crippen molar-refractivity contribution in [3.63, 3.8) is 0 Å². The molecule has 1 aliphatic heterocycles. The van der Waals surface area contributed by atoms with E-state index in [2.05, 4.69) is 23.6 Å². The molecule has 3 nitrogen and oxygen atoms in total. The molecule has 2 unspecified atom stereocenters. The van der Waals surface area contributed by atoms with Crippen LogP contribution in [0.2, 0.25) is 0 Å². The number of carbonyl (C=O) groups excluding carboxylic acids is 1. The van der Waals surface area contributed by atoms with Crippen molar-refractivity contribution in [2.45, 2.75) is 57.0 Å². The van der Waals surface area contributed by atoms with E-state index >= 15 is 0 Å². The van der Waals surface area contributed by atoms with Gasteiger partial charge in [-0.05, 0) is 51.0 Å². The molecule has 2 N–H and O–H groups in total. The normalized spacial score (nSPS) is 40.2. The molecule has 2 aliphatic carbocycles. The Labute approximate surface area is 103 Å². The molecule has 2 bridgehead atoms. The number of carbonyl (C=O) groups is 1. The fraction of sp³-hybridized carbons (Fsp3) is 0.786. The van der Waals surface area contributed by atoms with Crippen molar-refractivity contribution in [3.05, 3.63) is 11.6 Å². The van der Waals surface area contributed by atoms with Gasteiger partial charge in [-0.2, -0.15) is 0 Å². The summed E-state index contributed by atoms with van der Waals surface area (Å²) >= 11 is 0. The van der Waals surface area contributed by atoms with Gasteiger partial charge in [-0.25, -0.2) is 0 Å². The number of amides is 1. The third kappa shape index (κ3) is 2.13. The molecule has 3 rings (SSSR count). The predicted molar refractivity (Wildman–Crippen MR) is 67.6 cm³/mol. The zero-order valence-corrected chi connectivity index (χ0v) is 10.6. The second-order valence-corrected chi connectivity index (χ2v) is 6.18. The number of hydrogen-bond acceptors (Lipinski definition) is 2. The number of fused-ring (bicyclic) bond motifs is 2. The molecule has 1 amide bonds. The van der Waals surface area contributed by atoms with Crippen LogP contribution in [0.3, 0.4) is 0 Å². The van der Waals surface area contributed by atoms with Gasteiger partial charge < -0.3 is 10.6 Å². The van der Waals surface area contributed by atoms with E-state index in [-0.39, 0.29) is 17.5 Å². The van der Waals surface area contributed by atoms with Crippen LogP contribution >= 0.6 is 0 Å². The molecule has 0 spiro atoms. The molecule has 0 aromatic rings. The van der Waals surface area contributed by atoms with Gasteiger partial charge in [0.05, 0.1) is 6.04 Å². The highest BCUT2D eigenvalue weighted by Crippen LogP contribution is 2.43. The smallest absolute Gasteiger partial charge is 0.237 e. The van der Waals surface area contributed by atoms with Gasteiger partial charge in [0.25, 0.3) is 0 Å². The highest BCUT2D eigenvalue weighted by Gasteiger charge is 2.42. The maximum absolute atomic E-state index is 12.2. The monoisotopic (exact) mass is 234 g/mol. The molecule has 3 heteroatoms. The van der Waals surface area contributed by atoms with E-state index < -0.39 is 0 Å². The summed E-state index contributed by atoms with van der Waals surface area (Å²) < 4.78 is 0. The Morgan fingerprint density at radius 3 is 3.24 bits per heavy atom. The standard InChI is InChI=1S/C14H22N2O/c1-10-7-11-4-5-14(8-10,9-11)16-13(17)12-3-2-6-15-12/h4,10,12,15H,2-3,5-9H2,1H3,(H,16,17)/t10?,12-,14?/m0/s1. The average molecular weight is 234 g/mol. The first kappa shape index (κ1) is 11.3. The Morgan fingerprint density at radius 1 is 1.59 bits per heavy atom. The predicted octanol–water partition coefficient (Wildman–Crippen LogP) is 1.74. The fourth-order valence-electron chi connectivity index (χ4n) is 3.82. The molecule has 3 aliphatic rings. The molecular formula is C14H22N2O. The molecule has 2 fully saturated rings. The van der Waals surface area contributed by atoms with Gasteiger partial charge in [0.1, 0.15) is 0 Å². The Kier molecular flexibility index (Phi) is 2.74. The van der Waals surface area contributed by atoms with Crippen molar-refractivity contribution in [3.8, 4) is 0 Å². The molecule has 1 heterocycles. The lowest BCUT2D eigenvalue weighted by Gasteiger charge is -2.37. The minimum absolute atomic E-state index is 0.0608. The minimum Gasteiger partial charge on any atom is -0.349 e. The van der Waals surface area contributed by atoms with Gasteiger partial charge in [-0.15, -0.1) is 0 Å². The first-order valence-corrected chi connectivity index (χ1v) is 6.90. The van der Waals surface area contributed by atoms with Crippen molar-refractivity contribution < 1.29 is 4.79 Å². The highest BCUT2D eigenvalue weighted by molar-refractivity contribution is 5.83. The number of nitrogens with one attached hydrogen (secondary N) is 2. The van der Waals surface area contributed by atoms with E-state index in [1.807, 2.05) is 0 Å². The lowest BCUT2D eigenvalue weighted by Crippen LogP contribution is -2.54. The maximum atomic E-state index is 12.2. The molecule has 17 heavy (non-hydrogen) atoms. The molecule has 1 saturated heterocycles. The van der Waals surface area contributed by atoms with Crippen LogP contribution in [0.4, 0.5) is 0 Å². The third-order valence-corrected chi connectivity index (χ3v) is 4.46. The first-order valence-electron chi connectivity index (χ1n) is 6.90. The van der Waals surface area contributed by atoms with E-state index in [9.17, 15) is 4.79 Å². The molecule has 0 aromatic heterocycles. The molecule has 94 valence electrons. The quantitative estimate of drug-likeness (QED) is 0.715. The molecular weight excluding hydrogens is 212 g/mol. The highest BCUT2D eigenvalue weighted by atomic mass is 16.2. The van der Waals surface area contributed by atoms with Crippen molar-refractivity contribution >= 4 is 5.91 Å². The van der Waals surface area contributed by atoms with E-state index in [0.717, 1.165) is 38.6 Å². The average Bonchev–Trinajstić information content (AvgIpc) is 2.86. The topological polar surface area (TPSA) is 41.1 Å². The van der Waals surface area contributed by atoms with Crippen molar-refractivity contribution in [2.75, 3.05) is 6.54 Å². The van der Waals surface area contributed by atoms with E-state index in [0.29, 0.717) is 5.92 Å². The van der Waals surface area contributed by atoms with Crippen LogP contribution in [0.25, 0.3) is 0 Å². The lowest BCUT2D eigenvalue weighted by atomic mass is 9.77. The summed E-state index contributed by atoms with van der Waals surface area (Å²) in [6, 6.07) is 0.0608. The first-order chi connectivity index (χ1) is 8.17. The van der Waals surface area contributed by atoms with Crippen molar-refractivity contribution in [2.24, 2.45) is 5.92 Å². The summed E-state index contributed by atoms with van der Waals surface area (Å²) in [5, 5.41) is 6.63. The summed E-state index contributed by atoms with van der Waals surface area (Å²) in [4.78, 5) is 12.2. The van der Waals surface area contributed by atoms with Gasteiger partial charge >= 0.3 is 0 Å². The van der Waals surface area contributed by atoms with Gasteiger partial charge in [0, 0.05) is 5.54 Å². The number of hydrogen-bond donors (Lipinski definition) is 2. The molecule has 1 saturated carbocycles. The van der Waals surface area contributed by atoms with Gasteiger partial charge in [-0.1, -0.05) is 18.6 Å². The largest absolute Gasteiger partial charge is 0.349 e. The van der Waals surface area contributed by atoms with Crippen molar-refractivity contribution in [1.29, 1.82) is 0 Å². The van der Waals surface area contributed by atoms with E-state index in [4.69, 9.17) is 0 Å². The van der Waals surface area contributed by atoms with Crippen LogP contribution in [-0.2, 0) is 4.79 Å². The van der Waals surface area contributed by atoms with Crippen LogP contribution in [0.1, 0.15) is 45.4 Å². The van der Waals surface area contributed by atoms with Crippen LogP contribution in [-0.4, -0.2) is 24.0 Å². The summed E-state index contributed by atoms with van der Waals surface area (Å²) in [6.07, 6.45) is 9.00. The second-order valence-electron chi connectivity index (χ2n) is 6.18. The van der Waals surface area contributed by atoms with Crippen LogP contribution in [0, 0.1) is 5.92 Å². The maximum Gasteiger partial charge on any atom is 0.237 e. The van der Waals surface area contributed by atoms with E-state index in [1.165, 1.54) is 6.42 Å². The summed E-state index contributed by atoms with van der Waals surface area (Å²) in [6.45, 7) is 3.29. The Hall–Kier alpha value is -0.830. The van der Waals surface area contributed by atoms with Crippen LogP contribution < -0.4 is 10.6 Å². The van der Waals surface area contributed by atoms with Crippen LogP contribution in [0.15, 0.2) is 11.6 Å². The zero-order chi connectivity index (χ0) is 11.9. The minimum atomic E-state index is 0.0608. The van der Waals surface area contributed by atoms with Crippen molar-refractivity contribution in [1.82, 2.24) is 10.6 Å². The van der Waals surface area contributed by atoms with Gasteiger partial charge in [0.15, 0.2) is 0 Å². The molecule has 3 atom stereocenters. The molecule has 0 radical (unpaired) electrons. The summed E-state index contributed by atoms with van der Waals surface area (Å²) in [7, 11) is 0. The second kappa shape index (κ2) is 4.13. The van der Waals surface area contributed by atoms with Gasteiger partial charge in [-0.3, -0.25) is 4.79 Å².